The van der Waals surface area contributed by atoms with Crippen LogP contribution in [-0.2, 0) is 0 Å². The molecule has 0 spiro atoms. The molecule has 1 aromatic heterocycles. The fraction of sp³-hybridized carbons (Fsp3) is 0.667. The Hall–Kier alpha value is -0.700. The van der Waals surface area contributed by atoms with Gasteiger partial charge in [0.1, 0.15) is 0 Å². The fourth-order valence-corrected chi connectivity index (χ4v) is 3.89. The van der Waals surface area contributed by atoms with E-state index in [4.69, 9.17) is 0 Å². The summed E-state index contributed by atoms with van der Waals surface area (Å²) in [6.07, 6.45) is 7.95. The van der Waals surface area contributed by atoms with Crippen LogP contribution in [-0.4, -0.2) is 10.8 Å². The number of nitrogens with zero attached hydrogens (tertiary/aromatic N) is 1. The van der Waals surface area contributed by atoms with Crippen LogP contribution >= 0.6 is 11.3 Å². The molecule has 3 unspecified atom stereocenters. The van der Waals surface area contributed by atoms with E-state index in [1.165, 1.54) is 37.0 Å². The number of carbonyl (C=O) groups excluding carboxylic acids is 1. The summed E-state index contributed by atoms with van der Waals surface area (Å²) in [5.41, 5.74) is 1.74. The summed E-state index contributed by atoms with van der Waals surface area (Å²) in [6.45, 7) is 0. The average Bonchev–Trinajstić information content (AvgIpc) is 2.95. The Kier molecular flexibility index (Phi) is 2.35. The molecule has 1 aromatic rings. The van der Waals surface area contributed by atoms with Crippen molar-refractivity contribution in [2.24, 2.45) is 17.8 Å². The lowest BCUT2D eigenvalue weighted by Crippen LogP contribution is -2.14. The highest BCUT2D eigenvalue weighted by atomic mass is 32.1. The summed E-state index contributed by atoms with van der Waals surface area (Å²) in [5, 5.41) is 0. The first-order valence-corrected chi connectivity index (χ1v) is 6.62. The highest BCUT2D eigenvalue weighted by Gasteiger charge is 2.40. The summed E-state index contributed by atoms with van der Waals surface area (Å²) in [4.78, 5) is 16.7. The van der Waals surface area contributed by atoms with E-state index in [1.54, 1.807) is 11.7 Å². The maximum atomic E-state index is 11.9. The molecule has 2 fully saturated rings. The van der Waals surface area contributed by atoms with Crippen LogP contribution in [0.1, 0.15) is 41.8 Å². The molecule has 3 heteroatoms. The molecule has 15 heavy (non-hydrogen) atoms. The topological polar surface area (TPSA) is 30.0 Å². The van der Waals surface area contributed by atoms with Crippen molar-refractivity contribution in [3.8, 4) is 0 Å². The van der Waals surface area contributed by atoms with Crippen molar-refractivity contribution in [2.45, 2.75) is 32.1 Å². The lowest BCUT2D eigenvalue weighted by molar-refractivity contribution is 0.0948. The van der Waals surface area contributed by atoms with Crippen molar-refractivity contribution in [1.29, 1.82) is 0 Å². The van der Waals surface area contributed by atoms with E-state index < -0.39 is 0 Å². The second-order valence-corrected chi connectivity index (χ2v) is 5.81. The monoisotopic (exact) mass is 221 g/mol. The molecule has 0 saturated heterocycles. The van der Waals surface area contributed by atoms with Crippen LogP contribution in [0.3, 0.4) is 0 Å². The van der Waals surface area contributed by atoms with Gasteiger partial charge in [-0.15, -0.1) is 11.3 Å². The maximum absolute atomic E-state index is 11.9. The summed E-state index contributed by atoms with van der Waals surface area (Å²) < 4.78 is 0. The van der Waals surface area contributed by atoms with Gasteiger partial charge in [0, 0.05) is 12.6 Å². The van der Waals surface area contributed by atoms with Gasteiger partial charge in [-0.3, -0.25) is 9.78 Å². The van der Waals surface area contributed by atoms with Crippen LogP contribution in [0.4, 0.5) is 0 Å². The van der Waals surface area contributed by atoms with E-state index in [0.29, 0.717) is 11.7 Å². The van der Waals surface area contributed by atoms with Gasteiger partial charge in [0.25, 0.3) is 0 Å². The Bertz CT molecular complexity index is 360. The lowest BCUT2D eigenvalue weighted by Gasteiger charge is -2.20. The first-order chi connectivity index (χ1) is 7.33. The molecule has 2 aliphatic carbocycles. The van der Waals surface area contributed by atoms with E-state index in [9.17, 15) is 4.79 Å². The zero-order valence-corrected chi connectivity index (χ0v) is 9.50. The second-order valence-electron chi connectivity index (χ2n) is 4.93. The number of carbonyl (C=O) groups is 1. The van der Waals surface area contributed by atoms with Gasteiger partial charge in [-0.05, 0) is 37.0 Å². The number of ketones is 1. The minimum absolute atomic E-state index is 0.315. The van der Waals surface area contributed by atoms with Crippen LogP contribution in [0, 0.1) is 17.8 Å². The molecule has 2 saturated carbocycles. The largest absolute Gasteiger partial charge is 0.293 e. The van der Waals surface area contributed by atoms with Gasteiger partial charge in [-0.1, -0.05) is 6.42 Å². The molecule has 1 heterocycles. The molecule has 3 atom stereocenters. The molecule has 0 radical (unpaired) electrons. The van der Waals surface area contributed by atoms with Crippen LogP contribution in [0.15, 0.2) is 11.7 Å². The van der Waals surface area contributed by atoms with Crippen molar-refractivity contribution in [2.75, 3.05) is 0 Å². The number of thiazole rings is 1. The number of aromatic nitrogens is 1. The molecule has 0 N–H and O–H groups in total. The van der Waals surface area contributed by atoms with Crippen molar-refractivity contribution in [3.63, 3.8) is 0 Å². The molecular weight excluding hydrogens is 206 g/mol. The SMILES string of the molecule is O=C(CC1CC2CCC1C2)c1cncs1. The molecule has 2 nitrogen and oxygen atoms in total. The van der Waals surface area contributed by atoms with Gasteiger partial charge in [0.15, 0.2) is 5.78 Å². The molecule has 3 rings (SSSR count). The van der Waals surface area contributed by atoms with Gasteiger partial charge in [-0.25, -0.2) is 0 Å². The first kappa shape index (κ1) is 9.52. The van der Waals surface area contributed by atoms with Crippen molar-refractivity contribution in [3.05, 3.63) is 16.6 Å². The fourth-order valence-electron chi connectivity index (χ4n) is 3.32. The van der Waals surface area contributed by atoms with Crippen LogP contribution < -0.4 is 0 Å². The Morgan fingerprint density at radius 1 is 1.47 bits per heavy atom. The van der Waals surface area contributed by atoms with Gasteiger partial charge in [-0.2, -0.15) is 0 Å². The minimum Gasteiger partial charge on any atom is -0.293 e. The number of rotatable bonds is 3. The van der Waals surface area contributed by atoms with E-state index in [0.717, 1.165) is 23.1 Å². The molecule has 2 bridgehead atoms. The zero-order chi connectivity index (χ0) is 10.3. The van der Waals surface area contributed by atoms with Gasteiger partial charge >= 0.3 is 0 Å². The van der Waals surface area contributed by atoms with Gasteiger partial charge in [0.2, 0.25) is 0 Å². The third kappa shape index (κ3) is 1.73. The average molecular weight is 221 g/mol. The number of Topliss-reactive ketones (excluding diaryl/α,β-unsaturated/α-hetero) is 1. The molecule has 80 valence electrons. The summed E-state index contributed by atoms with van der Waals surface area (Å²) >= 11 is 1.47. The predicted octanol–water partition coefficient (Wildman–Crippen LogP) is 3.15. The Balaban J connectivity index is 1.64. The van der Waals surface area contributed by atoms with E-state index in [-0.39, 0.29) is 0 Å². The van der Waals surface area contributed by atoms with Crippen molar-refractivity contribution < 1.29 is 4.79 Å². The second kappa shape index (κ2) is 3.71. The number of hydrogen-bond donors (Lipinski definition) is 0. The molecular formula is C12H15NOS. The first-order valence-electron chi connectivity index (χ1n) is 5.74. The Labute approximate surface area is 93.7 Å². The van der Waals surface area contributed by atoms with Crippen molar-refractivity contribution in [1.82, 2.24) is 4.98 Å². The van der Waals surface area contributed by atoms with Crippen molar-refractivity contribution >= 4 is 17.1 Å². The van der Waals surface area contributed by atoms with Crippen LogP contribution in [0.2, 0.25) is 0 Å². The highest BCUT2D eigenvalue weighted by Crippen LogP contribution is 2.49. The summed E-state index contributed by atoms with van der Waals surface area (Å²) in [6, 6.07) is 0. The Morgan fingerprint density at radius 3 is 3.00 bits per heavy atom. The van der Waals surface area contributed by atoms with Gasteiger partial charge in [0.05, 0.1) is 10.4 Å². The number of fused-ring (bicyclic) bond motifs is 2. The standard InChI is InChI=1S/C12H15NOS/c14-11(12-6-13-7-15-12)5-10-4-8-1-2-9(10)3-8/h6-10H,1-5H2. The highest BCUT2D eigenvalue weighted by molar-refractivity contribution is 7.11. The summed E-state index contributed by atoms with van der Waals surface area (Å²) in [7, 11) is 0. The lowest BCUT2D eigenvalue weighted by atomic mass is 9.85. The third-order valence-electron chi connectivity index (χ3n) is 4.04. The van der Waals surface area contributed by atoms with Crippen LogP contribution in [0.5, 0.6) is 0 Å². The molecule has 0 aliphatic heterocycles. The predicted molar refractivity (Wildman–Crippen MR) is 60.0 cm³/mol. The smallest absolute Gasteiger partial charge is 0.174 e. The Morgan fingerprint density at radius 2 is 2.40 bits per heavy atom. The van der Waals surface area contributed by atoms with Gasteiger partial charge < -0.3 is 0 Å². The molecule has 2 aliphatic rings. The normalized spacial score (nSPS) is 33.5. The van der Waals surface area contributed by atoms with Crippen LogP contribution in [0.25, 0.3) is 0 Å². The maximum Gasteiger partial charge on any atom is 0.174 e. The quantitative estimate of drug-likeness (QED) is 0.734. The van der Waals surface area contributed by atoms with E-state index in [2.05, 4.69) is 4.98 Å². The van der Waals surface area contributed by atoms with E-state index in [1.807, 2.05) is 0 Å². The zero-order valence-electron chi connectivity index (χ0n) is 8.69. The molecule has 0 aromatic carbocycles. The minimum atomic E-state index is 0.315. The third-order valence-corrected chi connectivity index (χ3v) is 4.85. The summed E-state index contributed by atoms with van der Waals surface area (Å²) in [5.74, 6) is 2.79. The number of hydrogen-bond acceptors (Lipinski definition) is 3. The van der Waals surface area contributed by atoms with E-state index >= 15 is 0 Å². The molecule has 0 amide bonds.